The molecule has 0 amide bonds. The first-order valence-electron chi connectivity index (χ1n) is 6.64. The average molecular weight is 674 g/mol. The van der Waals surface area contributed by atoms with Crippen molar-refractivity contribution in [3.8, 4) is 5.75 Å². The van der Waals surface area contributed by atoms with Crippen LogP contribution in [0.4, 0.5) is 0 Å². The molecule has 126 valence electrons. The zero-order chi connectivity index (χ0) is 17.2. The lowest BCUT2D eigenvalue weighted by atomic mass is 10.1. The van der Waals surface area contributed by atoms with Gasteiger partial charge in [0.25, 0.3) is 0 Å². The molecule has 1 aliphatic carbocycles. The predicted octanol–water partition coefficient (Wildman–Crippen LogP) is 4.88. The van der Waals surface area contributed by atoms with Gasteiger partial charge in [-0.3, -0.25) is 4.57 Å². The average Bonchev–Trinajstić information content (AvgIpc) is 2.43. The molecule has 0 spiro atoms. The van der Waals surface area contributed by atoms with Crippen LogP contribution in [0.1, 0.15) is 18.4 Å². The van der Waals surface area contributed by atoms with Crippen LogP contribution < -0.4 is 4.74 Å². The van der Waals surface area contributed by atoms with Crippen molar-refractivity contribution < 1.29 is 24.2 Å². The number of aryl methyl sites for hydroxylation is 1. The molecule has 23 heavy (non-hydrogen) atoms. The van der Waals surface area contributed by atoms with Gasteiger partial charge in [-0.1, -0.05) is 0 Å². The van der Waals surface area contributed by atoms with E-state index in [2.05, 4.69) is 67.8 Å². The Morgan fingerprint density at radius 3 is 2.26 bits per heavy atom. The SMILES string of the molecule is O=P(O)(O)CCc1cc(I)c(OC2=CC(I)=C(O)CC2)c(I)c1. The summed E-state index contributed by atoms with van der Waals surface area (Å²) in [5.74, 6) is 1.92. The van der Waals surface area contributed by atoms with Gasteiger partial charge in [0.05, 0.1) is 16.9 Å². The van der Waals surface area contributed by atoms with Gasteiger partial charge in [0.2, 0.25) is 0 Å². The van der Waals surface area contributed by atoms with E-state index in [9.17, 15) is 9.67 Å². The van der Waals surface area contributed by atoms with E-state index < -0.39 is 7.60 Å². The minimum absolute atomic E-state index is 0.160. The number of aliphatic hydroxyl groups is 1. The van der Waals surface area contributed by atoms with Gasteiger partial charge in [-0.25, -0.2) is 0 Å². The second-order valence-corrected chi connectivity index (χ2v) is 10.3. The molecule has 3 N–H and O–H groups in total. The molecule has 1 aromatic rings. The number of aliphatic hydroxyl groups excluding tert-OH is 1. The monoisotopic (exact) mass is 674 g/mol. The van der Waals surface area contributed by atoms with E-state index in [0.29, 0.717) is 25.0 Å². The van der Waals surface area contributed by atoms with E-state index in [1.54, 1.807) is 0 Å². The largest absolute Gasteiger partial charge is 0.511 e. The Hall–Kier alpha value is 0.640. The number of benzene rings is 1. The van der Waals surface area contributed by atoms with Gasteiger partial charge < -0.3 is 19.6 Å². The molecule has 5 nitrogen and oxygen atoms in total. The lowest BCUT2D eigenvalue weighted by Crippen LogP contribution is -2.05. The van der Waals surface area contributed by atoms with Gasteiger partial charge in [-0.2, -0.15) is 0 Å². The van der Waals surface area contributed by atoms with Crippen molar-refractivity contribution in [2.24, 2.45) is 0 Å². The normalized spacial score (nSPS) is 15.6. The van der Waals surface area contributed by atoms with E-state index in [4.69, 9.17) is 14.5 Å². The van der Waals surface area contributed by atoms with Gasteiger partial charge in [0.1, 0.15) is 11.5 Å². The number of ether oxygens (including phenoxy) is 1. The molecule has 0 radical (unpaired) electrons. The van der Waals surface area contributed by atoms with Crippen LogP contribution >= 0.6 is 75.4 Å². The van der Waals surface area contributed by atoms with Crippen LogP contribution in [-0.4, -0.2) is 21.1 Å². The highest BCUT2D eigenvalue weighted by Crippen LogP contribution is 2.37. The number of rotatable bonds is 5. The third-order valence-corrected chi connectivity index (χ3v) is 6.50. The number of allylic oxidation sites excluding steroid dienone is 4. The Morgan fingerprint density at radius 1 is 1.13 bits per heavy atom. The third-order valence-electron chi connectivity index (χ3n) is 3.15. The molecule has 1 aromatic carbocycles. The maximum atomic E-state index is 11.0. The van der Waals surface area contributed by atoms with Crippen molar-refractivity contribution in [3.05, 3.63) is 46.0 Å². The quantitative estimate of drug-likeness (QED) is 0.307. The summed E-state index contributed by atoms with van der Waals surface area (Å²) in [6.45, 7) is 0. The summed E-state index contributed by atoms with van der Waals surface area (Å²) in [6, 6.07) is 3.77. The van der Waals surface area contributed by atoms with Gasteiger partial charge in [-0.15, -0.1) is 0 Å². The Labute approximate surface area is 175 Å². The number of hydrogen-bond acceptors (Lipinski definition) is 3. The van der Waals surface area contributed by atoms with Crippen molar-refractivity contribution >= 4 is 75.4 Å². The molecule has 1 aliphatic rings. The summed E-state index contributed by atoms with van der Waals surface area (Å²) in [6.07, 6.45) is 3.20. The summed E-state index contributed by atoms with van der Waals surface area (Å²) in [7, 11) is -3.99. The second-order valence-electron chi connectivity index (χ2n) is 5.03. The lowest BCUT2D eigenvalue weighted by Gasteiger charge is -2.17. The lowest BCUT2D eigenvalue weighted by molar-refractivity contribution is 0.349. The van der Waals surface area contributed by atoms with Gasteiger partial charge in [0.15, 0.2) is 5.75 Å². The maximum Gasteiger partial charge on any atom is 0.325 e. The first-order valence-corrected chi connectivity index (χ1v) is 11.7. The molecule has 0 heterocycles. The minimum Gasteiger partial charge on any atom is -0.511 e. The molecule has 0 fully saturated rings. The summed E-state index contributed by atoms with van der Waals surface area (Å²) in [5.41, 5.74) is 0.874. The molecule has 0 aromatic heterocycles. The first-order chi connectivity index (χ1) is 10.7. The molecule has 0 unspecified atom stereocenters. The van der Waals surface area contributed by atoms with Crippen molar-refractivity contribution in [2.75, 3.05) is 6.16 Å². The smallest absolute Gasteiger partial charge is 0.325 e. The van der Waals surface area contributed by atoms with Crippen LogP contribution in [0.5, 0.6) is 5.75 Å². The fourth-order valence-corrected chi connectivity index (χ4v) is 5.28. The molecule has 0 bridgehead atoms. The zero-order valence-electron chi connectivity index (χ0n) is 11.8. The van der Waals surface area contributed by atoms with Crippen LogP contribution in [0.3, 0.4) is 0 Å². The topological polar surface area (TPSA) is 87.0 Å². The summed E-state index contributed by atoms with van der Waals surface area (Å²) in [5, 5.41) is 9.64. The Bertz CT molecular complexity index is 700. The Balaban J connectivity index is 2.18. The first kappa shape index (κ1) is 20.0. The van der Waals surface area contributed by atoms with E-state index in [-0.39, 0.29) is 6.16 Å². The van der Waals surface area contributed by atoms with E-state index in [1.165, 1.54) is 0 Å². The Morgan fingerprint density at radius 2 is 1.74 bits per heavy atom. The molecule has 0 aliphatic heterocycles. The van der Waals surface area contributed by atoms with Gasteiger partial charge in [-0.05, 0) is 98.0 Å². The van der Waals surface area contributed by atoms with Crippen LogP contribution in [0, 0.1) is 7.14 Å². The van der Waals surface area contributed by atoms with Crippen LogP contribution in [0.15, 0.2) is 33.3 Å². The van der Waals surface area contributed by atoms with Crippen molar-refractivity contribution in [2.45, 2.75) is 19.3 Å². The second kappa shape index (κ2) is 8.35. The molecular formula is C14H14I3O5P. The molecular weight excluding hydrogens is 660 g/mol. The van der Waals surface area contributed by atoms with Crippen LogP contribution in [0.2, 0.25) is 0 Å². The van der Waals surface area contributed by atoms with Crippen LogP contribution in [0.25, 0.3) is 0 Å². The number of halogens is 3. The van der Waals surface area contributed by atoms with Gasteiger partial charge in [0, 0.05) is 12.8 Å². The summed E-state index contributed by atoms with van der Waals surface area (Å²) >= 11 is 6.40. The molecule has 0 saturated carbocycles. The zero-order valence-corrected chi connectivity index (χ0v) is 19.2. The third kappa shape index (κ3) is 6.14. The predicted molar refractivity (Wildman–Crippen MR) is 114 cm³/mol. The molecule has 2 rings (SSSR count). The molecule has 0 saturated heterocycles. The van der Waals surface area contributed by atoms with Gasteiger partial charge >= 0.3 is 7.60 Å². The minimum atomic E-state index is -3.99. The van der Waals surface area contributed by atoms with Crippen molar-refractivity contribution in [1.29, 1.82) is 0 Å². The number of hydrogen-bond donors (Lipinski definition) is 3. The van der Waals surface area contributed by atoms with Crippen molar-refractivity contribution in [3.63, 3.8) is 0 Å². The van der Waals surface area contributed by atoms with E-state index in [0.717, 1.165) is 27.8 Å². The van der Waals surface area contributed by atoms with E-state index >= 15 is 0 Å². The standard InChI is InChI=1S/C14H14I3O5P/c15-10-7-9(1-2-13(10)18)22-14-11(16)5-8(6-12(14)17)3-4-23(19,20)21/h5-7,18H,1-4H2,(H2,19,20,21). The molecule has 9 heteroatoms. The Kier molecular flexibility index (Phi) is 7.24. The van der Waals surface area contributed by atoms with Crippen LogP contribution in [-0.2, 0) is 11.0 Å². The fraction of sp³-hybridized carbons (Fsp3) is 0.286. The summed E-state index contributed by atoms with van der Waals surface area (Å²) in [4.78, 5) is 18.0. The fourth-order valence-electron chi connectivity index (χ4n) is 2.00. The van der Waals surface area contributed by atoms with E-state index in [1.807, 2.05) is 18.2 Å². The highest BCUT2D eigenvalue weighted by Gasteiger charge is 2.17. The molecule has 0 atom stereocenters. The summed E-state index contributed by atoms with van der Waals surface area (Å²) < 4.78 is 19.5. The van der Waals surface area contributed by atoms with Crippen molar-refractivity contribution in [1.82, 2.24) is 0 Å². The highest BCUT2D eigenvalue weighted by molar-refractivity contribution is 14.1. The maximum absolute atomic E-state index is 11.0. The highest BCUT2D eigenvalue weighted by atomic mass is 127.